The predicted octanol–water partition coefficient (Wildman–Crippen LogP) is 2.72. The Labute approximate surface area is 156 Å². The lowest BCUT2D eigenvalue weighted by Gasteiger charge is -2.10. The van der Waals surface area contributed by atoms with Gasteiger partial charge in [0.2, 0.25) is 5.91 Å². The number of carbonyl (C=O) groups is 1. The van der Waals surface area contributed by atoms with Crippen LogP contribution in [0.1, 0.15) is 16.7 Å². The fourth-order valence-corrected chi connectivity index (χ4v) is 3.06. The van der Waals surface area contributed by atoms with Crippen molar-refractivity contribution in [3.8, 4) is 11.5 Å². The molecule has 0 unspecified atom stereocenters. The smallest absolute Gasteiger partial charge is 0.340 e. The predicted molar refractivity (Wildman–Crippen MR) is 102 cm³/mol. The standard InChI is InChI=1S/C21H21NO5/c1-13-16-8-7-15(23)11-19(16)27-21(25)17(13)12-20(24)22-10-9-14-5-3-4-6-18(14)26-2/h3-8,11,23H,9-10,12H2,1-2H3,(H,22,24). The SMILES string of the molecule is COc1ccccc1CCNC(=O)Cc1c(C)c2ccc(O)cc2oc1=O. The van der Waals surface area contributed by atoms with Crippen molar-refractivity contribution in [2.24, 2.45) is 0 Å². The van der Waals surface area contributed by atoms with Crippen LogP contribution in [0, 0.1) is 6.92 Å². The summed E-state index contributed by atoms with van der Waals surface area (Å²) in [6.45, 7) is 2.21. The topological polar surface area (TPSA) is 88.8 Å². The number of nitrogens with one attached hydrogen (secondary N) is 1. The van der Waals surface area contributed by atoms with E-state index < -0.39 is 5.63 Å². The van der Waals surface area contributed by atoms with Crippen molar-refractivity contribution >= 4 is 16.9 Å². The number of benzene rings is 2. The molecule has 1 amide bonds. The molecule has 0 fully saturated rings. The van der Waals surface area contributed by atoms with E-state index in [0.717, 1.165) is 11.3 Å². The Morgan fingerprint density at radius 3 is 2.78 bits per heavy atom. The molecule has 0 radical (unpaired) electrons. The van der Waals surface area contributed by atoms with Crippen LogP contribution in [0.3, 0.4) is 0 Å². The van der Waals surface area contributed by atoms with Crippen LogP contribution < -0.4 is 15.7 Å². The van der Waals surface area contributed by atoms with E-state index in [1.54, 1.807) is 20.1 Å². The summed E-state index contributed by atoms with van der Waals surface area (Å²) in [5.41, 5.74) is 1.74. The van der Waals surface area contributed by atoms with Gasteiger partial charge in [-0.3, -0.25) is 4.79 Å². The highest BCUT2D eigenvalue weighted by Gasteiger charge is 2.15. The molecular weight excluding hydrogens is 346 g/mol. The number of aromatic hydroxyl groups is 1. The van der Waals surface area contributed by atoms with Crippen LogP contribution in [-0.4, -0.2) is 24.7 Å². The maximum Gasteiger partial charge on any atom is 0.340 e. The van der Waals surface area contributed by atoms with Gasteiger partial charge >= 0.3 is 5.63 Å². The van der Waals surface area contributed by atoms with Crippen LogP contribution >= 0.6 is 0 Å². The second-order valence-electron chi connectivity index (χ2n) is 6.26. The van der Waals surface area contributed by atoms with Gasteiger partial charge in [0.05, 0.1) is 19.1 Å². The molecule has 1 aromatic heterocycles. The fourth-order valence-electron chi connectivity index (χ4n) is 3.06. The molecule has 2 N–H and O–H groups in total. The Hall–Kier alpha value is -3.28. The Balaban J connectivity index is 1.69. The van der Waals surface area contributed by atoms with Gasteiger partial charge in [-0.1, -0.05) is 18.2 Å². The minimum absolute atomic E-state index is 0.0203. The average molecular weight is 367 g/mol. The Kier molecular flexibility index (Phi) is 5.45. The summed E-state index contributed by atoms with van der Waals surface area (Å²) in [5.74, 6) is 0.548. The average Bonchev–Trinajstić information content (AvgIpc) is 2.65. The highest BCUT2D eigenvalue weighted by atomic mass is 16.5. The number of hydrogen-bond donors (Lipinski definition) is 2. The zero-order valence-electron chi connectivity index (χ0n) is 15.2. The zero-order chi connectivity index (χ0) is 19.4. The van der Waals surface area contributed by atoms with Crippen molar-refractivity contribution in [1.29, 1.82) is 0 Å². The third kappa shape index (κ3) is 4.11. The van der Waals surface area contributed by atoms with E-state index in [2.05, 4.69) is 5.32 Å². The second kappa shape index (κ2) is 7.95. The summed E-state index contributed by atoms with van der Waals surface area (Å²) < 4.78 is 10.5. The minimum Gasteiger partial charge on any atom is -0.508 e. The molecule has 0 spiro atoms. The molecule has 0 bridgehead atoms. The second-order valence-corrected chi connectivity index (χ2v) is 6.26. The first kappa shape index (κ1) is 18.5. The number of aryl methyl sites for hydroxylation is 1. The van der Waals surface area contributed by atoms with E-state index in [1.807, 2.05) is 24.3 Å². The van der Waals surface area contributed by atoms with Gasteiger partial charge in [0.1, 0.15) is 17.1 Å². The monoisotopic (exact) mass is 367 g/mol. The molecule has 0 saturated carbocycles. The molecule has 3 rings (SSSR count). The molecule has 0 atom stereocenters. The van der Waals surface area contributed by atoms with Crippen LogP contribution in [0.2, 0.25) is 0 Å². The van der Waals surface area contributed by atoms with Gasteiger partial charge in [-0.25, -0.2) is 4.79 Å². The summed E-state index contributed by atoms with van der Waals surface area (Å²) in [6, 6.07) is 12.2. The lowest BCUT2D eigenvalue weighted by molar-refractivity contribution is -0.120. The molecule has 1 heterocycles. The van der Waals surface area contributed by atoms with Gasteiger partial charge in [0.15, 0.2) is 0 Å². The van der Waals surface area contributed by atoms with Crippen molar-refractivity contribution in [3.05, 3.63) is 69.6 Å². The van der Waals surface area contributed by atoms with Gasteiger partial charge < -0.3 is 19.6 Å². The van der Waals surface area contributed by atoms with Crippen molar-refractivity contribution < 1.29 is 19.1 Å². The Morgan fingerprint density at radius 2 is 2.00 bits per heavy atom. The lowest BCUT2D eigenvalue weighted by atomic mass is 10.0. The van der Waals surface area contributed by atoms with E-state index in [-0.39, 0.29) is 18.1 Å². The highest BCUT2D eigenvalue weighted by Crippen LogP contribution is 2.23. The highest BCUT2D eigenvalue weighted by molar-refractivity contribution is 5.85. The van der Waals surface area contributed by atoms with Gasteiger partial charge in [0.25, 0.3) is 0 Å². The molecule has 0 aliphatic rings. The molecule has 6 heteroatoms. The summed E-state index contributed by atoms with van der Waals surface area (Å²) >= 11 is 0. The Bertz CT molecular complexity index is 1040. The number of amides is 1. The molecule has 2 aromatic carbocycles. The number of carbonyl (C=O) groups excluding carboxylic acids is 1. The van der Waals surface area contributed by atoms with E-state index in [9.17, 15) is 14.7 Å². The number of phenols is 1. The maximum absolute atomic E-state index is 12.3. The van der Waals surface area contributed by atoms with Crippen molar-refractivity contribution in [1.82, 2.24) is 5.32 Å². The van der Waals surface area contributed by atoms with Crippen LogP contribution in [0.5, 0.6) is 11.5 Å². The molecule has 0 saturated heterocycles. The van der Waals surface area contributed by atoms with Crippen molar-refractivity contribution in [2.75, 3.05) is 13.7 Å². The first-order valence-corrected chi connectivity index (χ1v) is 8.63. The van der Waals surface area contributed by atoms with Crippen LogP contribution in [0.4, 0.5) is 0 Å². The molecule has 3 aromatic rings. The first-order valence-electron chi connectivity index (χ1n) is 8.63. The van der Waals surface area contributed by atoms with E-state index in [0.29, 0.717) is 35.1 Å². The van der Waals surface area contributed by atoms with Gasteiger partial charge in [0, 0.05) is 18.0 Å². The van der Waals surface area contributed by atoms with Gasteiger partial charge in [-0.05, 0) is 42.7 Å². The lowest BCUT2D eigenvalue weighted by Crippen LogP contribution is -2.29. The van der Waals surface area contributed by atoms with Crippen molar-refractivity contribution in [3.63, 3.8) is 0 Å². The van der Waals surface area contributed by atoms with Gasteiger partial charge in [-0.15, -0.1) is 0 Å². The third-order valence-corrected chi connectivity index (χ3v) is 4.52. The number of ether oxygens (including phenoxy) is 1. The molecule has 140 valence electrons. The van der Waals surface area contributed by atoms with Crippen LogP contribution in [-0.2, 0) is 17.6 Å². The minimum atomic E-state index is -0.564. The first-order chi connectivity index (χ1) is 13.0. The molecule has 6 nitrogen and oxygen atoms in total. The van der Waals surface area contributed by atoms with E-state index in [1.165, 1.54) is 12.1 Å². The molecule has 0 aliphatic heterocycles. The number of methoxy groups -OCH3 is 1. The van der Waals surface area contributed by atoms with Crippen molar-refractivity contribution in [2.45, 2.75) is 19.8 Å². The number of para-hydroxylation sites is 1. The molecule has 0 aliphatic carbocycles. The number of hydrogen-bond acceptors (Lipinski definition) is 5. The largest absolute Gasteiger partial charge is 0.508 e. The number of fused-ring (bicyclic) bond motifs is 1. The summed E-state index contributed by atoms with van der Waals surface area (Å²) in [5, 5.41) is 13.0. The normalized spacial score (nSPS) is 10.7. The van der Waals surface area contributed by atoms with Gasteiger partial charge in [-0.2, -0.15) is 0 Å². The summed E-state index contributed by atoms with van der Waals surface area (Å²) in [7, 11) is 1.61. The fraction of sp³-hybridized carbons (Fsp3) is 0.238. The third-order valence-electron chi connectivity index (χ3n) is 4.52. The summed E-state index contributed by atoms with van der Waals surface area (Å²) in [6.07, 6.45) is 0.567. The summed E-state index contributed by atoms with van der Waals surface area (Å²) in [4.78, 5) is 24.5. The molecule has 27 heavy (non-hydrogen) atoms. The quantitative estimate of drug-likeness (QED) is 0.654. The number of rotatable bonds is 6. The zero-order valence-corrected chi connectivity index (χ0v) is 15.2. The Morgan fingerprint density at radius 1 is 1.22 bits per heavy atom. The van der Waals surface area contributed by atoms with E-state index in [4.69, 9.17) is 9.15 Å². The maximum atomic E-state index is 12.3. The van der Waals surface area contributed by atoms with Crippen LogP contribution in [0.15, 0.2) is 51.7 Å². The van der Waals surface area contributed by atoms with Crippen LogP contribution in [0.25, 0.3) is 11.0 Å². The number of phenolic OH excluding ortho intramolecular Hbond substituents is 1. The molecular formula is C21H21NO5. The van der Waals surface area contributed by atoms with E-state index >= 15 is 0 Å².